The molecule has 108 valence electrons. The van der Waals surface area contributed by atoms with Gasteiger partial charge in [0.15, 0.2) is 0 Å². The Labute approximate surface area is 129 Å². The number of thiophene rings is 1. The summed E-state index contributed by atoms with van der Waals surface area (Å²) in [7, 11) is 0. The van der Waals surface area contributed by atoms with E-state index in [9.17, 15) is 0 Å². The molecule has 19 heavy (non-hydrogen) atoms. The van der Waals surface area contributed by atoms with Gasteiger partial charge in [0.1, 0.15) is 0 Å². The van der Waals surface area contributed by atoms with Crippen molar-refractivity contribution in [2.75, 3.05) is 13.1 Å². The minimum atomic E-state index is 0.624. The second-order valence-corrected chi connectivity index (χ2v) is 8.75. The van der Waals surface area contributed by atoms with Crippen molar-refractivity contribution in [3.63, 3.8) is 0 Å². The second kappa shape index (κ2) is 6.70. The molecule has 2 heterocycles. The molecule has 2 atom stereocenters. The van der Waals surface area contributed by atoms with Crippen molar-refractivity contribution in [3.05, 3.63) is 20.8 Å². The zero-order valence-corrected chi connectivity index (χ0v) is 14.7. The predicted octanol–water partition coefficient (Wildman–Crippen LogP) is 3.97. The Morgan fingerprint density at radius 3 is 2.58 bits per heavy atom. The summed E-state index contributed by atoms with van der Waals surface area (Å²) in [4.78, 5) is 4.13. The lowest BCUT2D eigenvalue weighted by Crippen LogP contribution is -2.59. The highest BCUT2D eigenvalue weighted by atomic mass is 79.9. The third-order valence-electron chi connectivity index (χ3n) is 4.05. The lowest BCUT2D eigenvalue weighted by atomic mass is 9.94. The normalized spacial score (nSPS) is 25.4. The minimum absolute atomic E-state index is 0.624. The van der Waals surface area contributed by atoms with E-state index in [1.165, 1.54) is 8.66 Å². The molecule has 0 bridgehead atoms. The first-order chi connectivity index (χ1) is 8.97. The topological polar surface area (TPSA) is 15.3 Å². The maximum Gasteiger partial charge on any atom is 0.0701 e. The number of nitrogens with zero attached hydrogens (tertiary/aromatic N) is 1. The van der Waals surface area contributed by atoms with E-state index in [4.69, 9.17) is 0 Å². The van der Waals surface area contributed by atoms with Crippen LogP contribution in [0.1, 0.15) is 32.6 Å². The lowest BCUT2D eigenvalue weighted by molar-refractivity contribution is 0.0793. The van der Waals surface area contributed by atoms with Crippen molar-refractivity contribution in [3.8, 4) is 0 Å². The molecule has 1 saturated heterocycles. The Hall–Kier alpha value is 0.1000. The van der Waals surface area contributed by atoms with Crippen LogP contribution in [0, 0.1) is 11.8 Å². The van der Waals surface area contributed by atoms with Gasteiger partial charge in [-0.2, -0.15) is 0 Å². The lowest BCUT2D eigenvalue weighted by Gasteiger charge is -2.43. The number of hydrogen-bond donors (Lipinski definition) is 1. The Morgan fingerprint density at radius 2 is 2.05 bits per heavy atom. The molecule has 1 aliphatic heterocycles. The summed E-state index contributed by atoms with van der Waals surface area (Å²) >= 11 is 5.42. The molecular weight excluding hydrogens is 320 g/mol. The number of nitrogens with one attached hydrogen (secondary N) is 1. The Kier molecular flexibility index (Phi) is 5.46. The van der Waals surface area contributed by atoms with Crippen LogP contribution in [0.15, 0.2) is 15.9 Å². The van der Waals surface area contributed by atoms with Gasteiger partial charge in [-0.1, -0.05) is 27.7 Å². The van der Waals surface area contributed by atoms with Crippen LogP contribution in [0.25, 0.3) is 0 Å². The van der Waals surface area contributed by atoms with Crippen LogP contribution in [-0.2, 0) is 6.54 Å². The van der Waals surface area contributed by atoms with Gasteiger partial charge in [-0.25, -0.2) is 0 Å². The van der Waals surface area contributed by atoms with Crippen molar-refractivity contribution in [2.24, 2.45) is 11.8 Å². The molecule has 2 nitrogen and oxygen atoms in total. The number of piperazine rings is 1. The second-order valence-electron chi connectivity index (χ2n) is 6.21. The standard InChI is InChI=1S/C15H25BrN2S/c1-10(2)13-9-18(14(7-17-13)11(3)4)8-12-5-6-15(16)19-12/h5-6,10-11,13-14,17H,7-9H2,1-4H3. The van der Waals surface area contributed by atoms with Crippen LogP contribution in [-0.4, -0.2) is 30.1 Å². The number of hydrogen-bond acceptors (Lipinski definition) is 3. The molecular formula is C15H25BrN2S. The monoisotopic (exact) mass is 344 g/mol. The van der Waals surface area contributed by atoms with E-state index in [0.717, 1.165) is 19.6 Å². The average molecular weight is 345 g/mol. The summed E-state index contributed by atoms with van der Waals surface area (Å²) in [5.74, 6) is 1.40. The van der Waals surface area contributed by atoms with Crippen molar-refractivity contribution in [1.82, 2.24) is 10.2 Å². The molecule has 0 aliphatic carbocycles. The molecule has 2 unspecified atom stereocenters. The minimum Gasteiger partial charge on any atom is -0.311 e. The van der Waals surface area contributed by atoms with Crippen LogP contribution >= 0.6 is 27.3 Å². The fourth-order valence-corrected chi connectivity index (χ4v) is 4.29. The van der Waals surface area contributed by atoms with Crippen molar-refractivity contribution < 1.29 is 0 Å². The summed E-state index contributed by atoms with van der Waals surface area (Å²) in [6.45, 7) is 12.7. The molecule has 4 heteroatoms. The van der Waals surface area contributed by atoms with Crippen LogP contribution in [0.4, 0.5) is 0 Å². The van der Waals surface area contributed by atoms with Gasteiger partial charge >= 0.3 is 0 Å². The maximum atomic E-state index is 3.72. The highest BCUT2D eigenvalue weighted by molar-refractivity contribution is 9.11. The molecule has 0 radical (unpaired) electrons. The largest absolute Gasteiger partial charge is 0.311 e. The van der Waals surface area contributed by atoms with E-state index in [2.05, 4.69) is 66.0 Å². The van der Waals surface area contributed by atoms with Crippen LogP contribution in [0.3, 0.4) is 0 Å². The van der Waals surface area contributed by atoms with Crippen molar-refractivity contribution in [2.45, 2.75) is 46.3 Å². The molecule has 2 rings (SSSR count). The van der Waals surface area contributed by atoms with Crippen LogP contribution in [0.5, 0.6) is 0 Å². The van der Waals surface area contributed by atoms with Gasteiger partial charge in [0, 0.05) is 36.6 Å². The summed E-state index contributed by atoms with van der Waals surface area (Å²) in [5, 5.41) is 3.72. The predicted molar refractivity (Wildman–Crippen MR) is 87.7 cm³/mol. The summed E-state index contributed by atoms with van der Waals surface area (Å²) in [5.41, 5.74) is 0. The third kappa shape index (κ3) is 4.03. The maximum absolute atomic E-state index is 3.72. The van der Waals surface area contributed by atoms with Crippen molar-refractivity contribution in [1.29, 1.82) is 0 Å². The van der Waals surface area contributed by atoms with Crippen LogP contribution in [0.2, 0.25) is 0 Å². The van der Waals surface area contributed by atoms with E-state index >= 15 is 0 Å². The highest BCUT2D eigenvalue weighted by Crippen LogP contribution is 2.26. The fraction of sp³-hybridized carbons (Fsp3) is 0.733. The molecule has 1 aromatic rings. The molecule has 1 aliphatic rings. The number of halogens is 1. The van der Waals surface area contributed by atoms with Crippen LogP contribution < -0.4 is 5.32 Å². The van der Waals surface area contributed by atoms with Gasteiger partial charge in [0.05, 0.1) is 3.79 Å². The summed E-state index contributed by atoms with van der Waals surface area (Å²) < 4.78 is 1.24. The van der Waals surface area contributed by atoms with Gasteiger partial charge in [-0.15, -0.1) is 11.3 Å². The molecule has 1 fully saturated rings. The van der Waals surface area contributed by atoms with E-state index in [-0.39, 0.29) is 0 Å². The molecule has 1 aromatic heterocycles. The summed E-state index contributed by atoms with van der Waals surface area (Å²) in [6, 6.07) is 5.68. The highest BCUT2D eigenvalue weighted by Gasteiger charge is 2.31. The zero-order chi connectivity index (χ0) is 14.0. The smallest absolute Gasteiger partial charge is 0.0701 e. The Balaban J connectivity index is 2.07. The Bertz CT molecular complexity index is 403. The van der Waals surface area contributed by atoms with Gasteiger partial charge < -0.3 is 5.32 Å². The molecule has 0 amide bonds. The zero-order valence-electron chi connectivity index (χ0n) is 12.3. The van der Waals surface area contributed by atoms with Gasteiger partial charge in [-0.05, 0) is 39.9 Å². The van der Waals surface area contributed by atoms with E-state index in [1.54, 1.807) is 0 Å². The van der Waals surface area contributed by atoms with E-state index in [0.29, 0.717) is 23.9 Å². The first-order valence-corrected chi connectivity index (χ1v) is 8.80. The fourth-order valence-electron chi connectivity index (χ4n) is 2.78. The Morgan fingerprint density at radius 1 is 1.32 bits per heavy atom. The SMILES string of the molecule is CC(C)C1CN(Cc2ccc(Br)s2)C(C(C)C)CN1. The molecule has 0 saturated carbocycles. The summed E-state index contributed by atoms with van der Waals surface area (Å²) in [6.07, 6.45) is 0. The van der Waals surface area contributed by atoms with Crippen molar-refractivity contribution >= 4 is 27.3 Å². The van der Waals surface area contributed by atoms with Gasteiger partial charge in [0.2, 0.25) is 0 Å². The van der Waals surface area contributed by atoms with Gasteiger partial charge in [0.25, 0.3) is 0 Å². The quantitative estimate of drug-likeness (QED) is 0.888. The van der Waals surface area contributed by atoms with E-state index in [1.807, 2.05) is 11.3 Å². The number of rotatable bonds is 4. The molecule has 0 aromatic carbocycles. The first-order valence-electron chi connectivity index (χ1n) is 7.19. The molecule has 1 N–H and O–H groups in total. The third-order valence-corrected chi connectivity index (χ3v) is 5.66. The molecule has 0 spiro atoms. The van der Waals surface area contributed by atoms with Gasteiger partial charge in [-0.3, -0.25) is 4.90 Å². The average Bonchev–Trinajstić information content (AvgIpc) is 2.74. The van der Waals surface area contributed by atoms with E-state index < -0.39 is 0 Å². The first kappa shape index (κ1) is 15.5.